The van der Waals surface area contributed by atoms with Crippen molar-refractivity contribution in [1.82, 2.24) is 0 Å². The number of hydrogen-bond acceptors (Lipinski definition) is 2. The molecule has 0 aromatic rings. The topological polar surface area (TPSA) is 26.3 Å². The maximum atomic E-state index is 11.6. The first-order valence-corrected chi connectivity index (χ1v) is 4.74. The zero-order valence-electron chi connectivity index (χ0n) is 9.09. The lowest BCUT2D eigenvalue weighted by Crippen LogP contribution is -2.36. The van der Waals surface area contributed by atoms with E-state index in [1.165, 1.54) is 7.11 Å². The lowest BCUT2D eigenvalue weighted by atomic mass is 9.72. The molecule has 0 aromatic heterocycles. The van der Waals surface area contributed by atoms with Crippen LogP contribution in [0.25, 0.3) is 0 Å². The molecule has 0 saturated carbocycles. The van der Waals surface area contributed by atoms with Crippen LogP contribution in [0.2, 0.25) is 0 Å². The summed E-state index contributed by atoms with van der Waals surface area (Å²) in [6.45, 7) is 9.79. The summed E-state index contributed by atoms with van der Waals surface area (Å²) < 4.78 is 4.83. The number of methoxy groups -OCH3 is 1. The quantitative estimate of drug-likeness (QED) is 0.485. The number of carbonyl (C=O) groups is 1. The van der Waals surface area contributed by atoms with Gasteiger partial charge in [-0.2, -0.15) is 0 Å². The molecule has 0 bridgehead atoms. The summed E-state index contributed by atoms with van der Waals surface area (Å²) in [6.07, 6.45) is 3.28. The van der Waals surface area contributed by atoms with Crippen LogP contribution in [0.5, 0.6) is 0 Å². The van der Waals surface area contributed by atoms with Gasteiger partial charge < -0.3 is 4.74 Å². The first-order chi connectivity index (χ1) is 6.05. The molecule has 0 rings (SSSR count). The van der Waals surface area contributed by atoms with Crippen LogP contribution in [0.3, 0.4) is 0 Å². The minimum atomic E-state index is -0.378. The van der Waals surface area contributed by atoms with Crippen molar-refractivity contribution in [2.24, 2.45) is 11.3 Å². The van der Waals surface area contributed by atoms with Crippen molar-refractivity contribution in [2.75, 3.05) is 7.11 Å². The molecule has 2 nitrogen and oxygen atoms in total. The fourth-order valence-corrected chi connectivity index (χ4v) is 1.71. The van der Waals surface area contributed by atoms with Crippen LogP contribution in [-0.2, 0) is 9.53 Å². The monoisotopic (exact) mass is 184 g/mol. The molecule has 13 heavy (non-hydrogen) atoms. The van der Waals surface area contributed by atoms with Gasteiger partial charge in [0, 0.05) is 0 Å². The largest absolute Gasteiger partial charge is 0.469 e. The Balaban J connectivity index is 4.84. The summed E-state index contributed by atoms with van der Waals surface area (Å²) in [7, 11) is 1.44. The summed E-state index contributed by atoms with van der Waals surface area (Å²) in [4.78, 5) is 11.6. The summed E-state index contributed by atoms with van der Waals surface area (Å²) in [5.41, 5.74) is -0.378. The molecule has 0 spiro atoms. The van der Waals surface area contributed by atoms with E-state index in [1.54, 1.807) is 6.08 Å². The SMILES string of the molecule is C=CCC(CC)(C(=O)OC)C(C)C. The lowest BCUT2D eigenvalue weighted by molar-refractivity contribution is -0.155. The number of rotatable bonds is 5. The van der Waals surface area contributed by atoms with Crippen molar-refractivity contribution >= 4 is 5.97 Å². The van der Waals surface area contributed by atoms with Crippen molar-refractivity contribution in [1.29, 1.82) is 0 Å². The van der Waals surface area contributed by atoms with Crippen molar-refractivity contribution in [3.63, 3.8) is 0 Å². The standard InChI is InChI=1S/C11H20O2/c1-6-8-11(7-2,9(3)4)10(12)13-5/h6,9H,1,7-8H2,2-5H3. The molecule has 0 saturated heterocycles. The van der Waals surface area contributed by atoms with Crippen LogP contribution in [0.1, 0.15) is 33.6 Å². The molecule has 0 radical (unpaired) electrons. The average molecular weight is 184 g/mol. The molecular formula is C11H20O2. The molecule has 0 amide bonds. The molecular weight excluding hydrogens is 164 g/mol. The van der Waals surface area contributed by atoms with Gasteiger partial charge in [-0.25, -0.2) is 0 Å². The van der Waals surface area contributed by atoms with Crippen LogP contribution in [0.4, 0.5) is 0 Å². The number of ether oxygens (including phenoxy) is 1. The number of hydrogen-bond donors (Lipinski definition) is 0. The minimum absolute atomic E-state index is 0.120. The Morgan fingerprint density at radius 2 is 2.15 bits per heavy atom. The van der Waals surface area contributed by atoms with Crippen molar-refractivity contribution in [3.05, 3.63) is 12.7 Å². The molecule has 2 heteroatoms. The Morgan fingerprint density at radius 1 is 1.62 bits per heavy atom. The Hall–Kier alpha value is -0.790. The van der Waals surface area contributed by atoms with Crippen molar-refractivity contribution in [2.45, 2.75) is 33.6 Å². The first kappa shape index (κ1) is 12.2. The Bertz CT molecular complexity index is 185. The van der Waals surface area contributed by atoms with Crippen LogP contribution in [0.15, 0.2) is 12.7 Å². The van der Waals surface area contributed by atoms with Gasteiger partial charge in [-0.1, -0.05) is 26.8 Å². The van der Waals surface area contributed by atoms with Gasteiger partial charge in [0.1, 0.15) is 0 Å². The predicted molar refractivity (Wildman–Crippen MR) is 54.4 cm³/mol. The lowest BCUT2D eigenvalue weighted by Gasteiger charge is -2.32. The molecule has 0 N–H and O–H groups in total. The molecule has 0 aliphatic carbocycles. The van der Waals surface area contributed by atoms with Crippen LogP contribution < -0.4 is 0 Å². The van der Waals surface area contributed by atoms with Gasteiger partial charge in [0.15, 0.2) is 0 Å². The first-order valence-electron chi connectivity index (χ1n) is 4.74. The van der Waals surface area contributed by atoms with Crippen molar-refractivity contribution < 1.29 is 9.53 Å². The predicted octanol–water partition coefficient (Wildman–Crippen LogP) is 2.79. The van der Waals surface area contributed by atoms with Crippen LogP contribution in [0, 0.1) is 11.3 Å². The van der Waals surface area contributed by atoms with Gasteiger partial charge in [0.05, 0.1) is 12.5 Å². The smallest absolute Gasteiger partial charge is 0.312 e. The van der Waals surface area contributed by atoms with E-state index < -0.39 is 0 Å². The second kappa shape index (κ2) is 5.05. The molecule has 1 atom stereocenters. The fraction of sp³-hybridized carbons (Fsp3) is 0.727. The average Bonchev–Trinajstić information content (AvgIpc) is 2.12. The highest BCUT2D eigenvalue weighted by atomic mass is 16.5. The molecule has 1 unspecified atom stereocenters. The Morgan fingerprint density at radius 3 is 2.38 bits per heavy atom. The Kier molecular flexibility index (Phi) is 4.74. The molecule has 0 aromatic carbocycles. The van der Waals surface area contributed by atoms with Gasteiger partial charge in [0.25, 0.3) is 0 Å². The highest BCUT2D eigenvalue weighted by Crippen LogP contribution is 2.36. The summed E-state index contributed by atoms with van der Waals surface area (Å²) in [5.74, 6) is 0.160. The zero-order chi connectivity index (χ0) is 10.5. The van der Waals surface area contributed by atoms with Gasteiger partial charge in [-0.15, -0.1) is 6.58 Å². The van der Waals surface area contributed by atoms with E-state index in [4.69, 9.17) is 4.74 Å². The molecule has 0 aliphatic rings. The number of allylic oxidation sites excluding steroid dienone is 1. The third-order valence-electron chi connectivity index (χ3n) is 2.84. The maximum Gasteiger partial charge on any atom is 0.312 e. The Labute approximate surface area is 81.0 Å². The van der Waals surface area contributed by atoms with E-state index in [9.17, 15) is 4.79 Å². The van der Waals surface area contributed by atoms with Gasteiger partial charge in [-0.3, -0.25) is 4.79 Å². The highest BCUT2D eigenvalue weighted by molar-refractivity contribution is 5.77. The third kappa shape index (κ3) is 2.33. The minimum Gasteiger partial charge on any atom is -0.469 e. The second-order valence-corrected chi connectivity index (χ2v) is 3.65. The van der Waals surface area contributed by atoms with Crippen LogP contribution in [-0.4, -0.2) is 13.1 Å². The fourth-order valence-electron chi connectivity index (χ4n) is 1.71. The van der Waals surface area contributed by atoms with Gasteiger partial charge >= 0.3 is 5.97 Å². The van der Waals surface area contributed by atoms with E-state index in [-0.39, 0.29) is 17.3 Å². The van der Waals surface area contributed by atoms with Crippen molar-refractivity contribution in [3.8, 4) is 0 Å². The number of carbonyl (C=O) groups excluding carboxylic acids is 1. The van der Waals surface area contributed by atoms with E-state index in [0.29, 0.717) is 6.42 Å². The summed E-state index contributed by atoms with van der Waals surface area (Å²) in [5, 5.41) is 0. The van der Waals surface area contributed by atoms with E-state index in [0.717, 1.165) is 6.42 Å². The molecule has 0 aliphatic heterocycles. The third-order valence-corrected chi connectivity index (χ3v) is 2.84. The summed E-state index contributed by atoms with van der Waals surface area (Å²) in [6, 6.07) is 0. The zero-order valence-corrected chi connectivity index (χ0v) is 9.09. The van der Waals surface area contributed by atoms with E-state index >= 15 is 0 Å². The summed E-state index contributed by atoms with van der Waals surface area (Å²) >= 11 is 0. The maximum absolute atomic E-state index is 11.6. The molecule has 76 valence electrons. The molecule has 0 fully saturated rings. The normalized spacial score (nSPS) is 15.2. The molecule has 0 heterocycles. The number of esters is 1. The van der Waals surface area contributed by atoms with Gasteiger partial charge in [0.2, 0.25) is 0 Å². The van der Waals surface area contributed by atoms with Gasteiger partial charge in [-0.05, 0) is 18.8 Å². The second-order valence-electron chi connectivity index (χ2n) is 3.65. The van der Waals surface area contributed by atoms with Crippen LogP contribution >= 0.6 is 0 Å². The van der Waals surface area contributed by atoms with E-state index in [1.807, 2.05) is 20.8 Å². The van der Waals surface area contributed by atoms with E-state index in [2.05, 4.69) is 6.58 Å². The highest BCUT2D eigenvalue weighted by Gasteiger charge is 2.39.